The summed E-state index contributed by atoms with van der Waals surface area (Å²) in [6, 6.07) is 8.68. The molecule has 0 radical (unpaired) electrons. The standard InChI is InChI=1S/C17H25NO/c18-16(10-13-6-2-1-3-7-13)15-11-14-8-4-5-9-17(14)19-12-15/h4-5,8-9,13,15-16H,1-3,6-7,10-12,18H2. The Morgan fingerprint density at radius 1 is 1.16 bits per heavy atom. The van der Waals surface area contributed by atoms with Crippen LogP contribution in [0.4, 0.5) is 0 Å². The molecule has 19 heavy (non-hydrogen) atoms. The van der Waals surface area contributed by atoms with Crippen molar-refractivity contribution in [2.45, 2.75) is 51.0 Å². The second-order valence-electron chi connectivity index (χ2n) is 6.29. The SMILES string of the molecule is NC(CC1CCCCC1)C1COc2ccccc2C1. The zero-order valence-electron chi connectivity index (χ0n) is 11.7. The highest BCUT2D eigenvalue weighted by Gasteiger charge is 2.27. The minimum absolute atomic E-state index is 0.302. The Bertz CT molecular complexity index is 411. The molecule has 3 rings (SSSR count). The van der Waals surface area contributed by atoms with E-state index in [-0.39, 0.29) is 0 Å². The predicted octanol–water partition coefficient (Wildman–Crippen LogP) is 3.54. The summed E-state index contributed by atoms with van der Waals surface area (Å²) >= 11 is 0. The van der Waals surface area contributed by atoms with E-state index in [1.807, 2.05) is 6.07 Å². The third-order valence-electron chi connectivity index (χ3n) is 4.84. The fraction of sp³-hybridized carbons (Fsp3) is 0.647. The maximum atomic E-state index is 6.46. The van der Waals surface area contributed by atoms with E-state index in [0.717, 1.165) is 24.7 Å². The third-order valence-corrected chi connectivity index (χ3v) is 4.84. The summed E-state index contributed by atoms with van der Waals surface area (Å²) in [6.07, 6.45) is 9.28. The van der Waals surface area contributed by atoms with Crippen molar-refractivity contribution in [3.05, 3.63) is 29.8 Å². The van der Waals surface area contributed by atoms with Crippen LogP contribution in [0, 0.1) is 11.8 Å². The molecule has 1 saturated carbocycles. The van der Waals surface area contributed by atoms with Crippen LogP contribution in [0.25, 0.3) is 0 Å². The number of hydrogen-bond donors (Lipinski definition) is 1. The number of para-hydroxylation sites is 1. The Morgan fingerprint density at radius 2 is 1.95 bits per heavy atom. The minimum atomic E-state index is 0.302. The molecule has 2 N–H and O–H groups in total. The van der Waals surface area contributed by atoms with Gasteiger partial charge in [0.25, 0.3) is 0 Å². The van der Waals surface area contributed by atoms with Crippen molar-refractivity contribution < 1.29 is 4.74 Å². The third kappa shape index (κ3) is 3.11. The largest absolute Gasteiger partial charge is 0.493 e. The lowest BCUT2D eigenvalue weighted by Gasteiger charge is -2.32. The molecule has 1 aromatic rings. The van der Waals surface area contributed by atoms with Gasteiger partial charge in [0.05, 0.1) is 6.61 Å². The van der Waals surface area contributed by atoms with Crippen LogP contribution in [0.1, 0.15) is 44.1 Å². The van der Waals surface area contributed by atoms with Crippen molar-refractivity contribution in [1.29, 1.82) is 0 Å². The van der Waals surface area contributed by atoms with Crippen molar-refractivity contribution in [2.75, 3.05) is 6.61 Å². The molecule has 1 fully saturated rings. The lowest BCUT2D eigenvalue weighted by molar-refractivity contribution is 0.179. The van der Waals surface area contributed by atoms with Gasteiger partial charge >= 0.3 is 0 Å². The number of nitrogens with two attached hydrogens (primary N) is 1. The van der Waals surface area contributed by atoms with Crippen molar-refractivity contribution in [3.8, 4) is 5.75 Å². The first-order valence-electron chi connectivity index (χ1n) is 7.79. The molecule has 104 valence electrons. The number of ether oxygens (including phenoxy) is 1. The zero-order valence-corrected chi connectivity index (χ0v) is 11.7. The molecule has 2 heteroatoms. The second kappa shape index (κ2) is 5.96. The highest BCUT2D eigenvalue weighted by molar-refractivity contribution is 5.35. The number of fused-ring (bicyclic) bond motifs is 1. The summed E-state index contributed by atoms with van der Waals surface area (Å²) in [5, 5.41) is 0. The van der Waals surface area contributed by atoms with Crippen LogP contribution in [-0.2, 0) is 6.42 Å². The molecule has 1 heterocycles. The van der Waals surface area contributed by atoms with Crippen molar-refractivity contribution in [3.63, 3.8) is 0 Å². The summed E-state index contributed by atoms with van der Waals surface area (Å²) in [5.41, 5.74) is 7.79. The van der Waals surface area contributed by atoms with Crippen LogP contribution in [-0.4, -0.2) is 12.6 Å². The fourth-order valence-corrected chi connectivity index (χ4v) is 3.63. The van der Waals surface area contributed by atoms with E-state index in [1.165, 1.54) is 44.1 Å². The zero-order chi connectivity index (χ0) is 13.1. The maximum Gasteiger partial charge on any atom is 0.122 e. The Labute approximate surface area is 116 Å². The molecule has 1 aliphatic heterocycles. The smallest absolute Gasteiger partial charge is 0.122 e. The van der Waals surface area contributed by atoms with E-state index in [4.69, 9.17) is 10.5 Å². The van der Waals surface area contributed by atoms with Crippen LogP contribution in [0.3, 0.4) is 0 Å². The lowest BCUT2D eigenvalue weighted by atomic mass is 9.80. The van der Waals surface area contributed by atoms with E-state index >= 15 is 0 Å². The Hall–Kier alpha value is -1.02. The second-order valence-corrected chi connectivity index (χ2v) is 6.29. The molecule has 0 saturated heterocycles. The molecule has 0 spiro atoms. The van der Waals surface area contributed by atoms with E-state index in [0.29, 0.717) is 12.0 Å². The highest BCUT2D eigenvalue weighted by atomic mass is 16.5. The molecule has 1 aromatic carbocycles. The normalized spacial score (nSPS) is 25.4. The van der Waals surface area contributed by atoms with Gasteiger partial charge in [-0.2, -0.15) is 0 Å². The lowest BCUT2D eigenvalue weighted by Crippen LogP contribution is -2.39. The van der Waals surface area contributed by atoms with Gasteiger partial charge in [0.2, 0.25) is 0 Å². The Kier molecular flexibility index (Phi) is 4.07. The molecular formula is C17H25NO. The summed E-state index contributed by atoms with van der Waals surface area (Å²) in [4.78, 5) is 0. The van der Waals surface area contributed by atoms with Crippen LogP contribution in [0.5, 0.6) is 5.75 Å². The fourth-order valence-electron chi connectivity index (χ4n) is 3.63. The van der Waals surface area contributed by atoms with Crippen LogP contribution >= 0.6 is 0 Å². The summed E-state index contributed by atoms with van der Waals surface area (Å²) in [6.45, 7) is 0.797. The van der Waals surface area contributed by atoms with Gasteiger partial charge < -0.3 is 10.5 Å². The molecule has 2 nitrogen and oxygen atoms in total. The topological polar surface area (TPSA) is 35.2 Å². The molecule has 2 unspecified atom stereocenters. The van der Waals surface area contributed by atoms with E-state index in [2.05, 4.69) is 18.2 Å². The van der Waals surface area contributed by atoms with Gasteiger partial charge in [-0.1, -0.05) is 50.3 Å². The molecule has 2 atom stereocenters. The molecular weight excluding hydrogens is 234 g/mol. The van der Waals surface area contributed by atoms with Crippen molar-refractivity contribution >= 4 is 0 Å². The first-order valence-corrected chi connectivity index (χ1v) is 7.79. The first kappa shape index (κ1) is 13.0. The molecule has 1 aliphatic carbocycles. The molecule has 2 aliphatic rings. The number of rotatable bonds is 3. The average Bonchev–Trinajstić information content (AvgIpc) is 2.48. The maximum absolute atomic E-state index is 6.46. The molecule has 0 bridgehead atoms. The van der Waals surface area contributed by atoms with Gasteiger partial charge in [0.1, 0.15) is 5.75 Å². The number of hydrogen-bond acceptors (Lipinski definition) is 2. The van der Waals surface area contributed by atoms with Crippen LogP contribution < -0.4 is 10.5 Å². The first-order chi connectivity index (χ1) is 9.33. The predicted molar refractivity (Wildman–Crippen MR) is 78.3 cm³/mol. The Morgan fingerprint density at radius 3 is 2.79 bits per heavy atom. The Balaban J connectivity index is 1.58. The van der Waals surface area contributed by atoms with Crippen LogP contribution in [0.15, 0.2) is 24.3 Å². The summed E-state index contributed by atoms with van der Waals surface area (Å²) < 4.78 is 5.87. The summed E-state index contributed by atoms with van der Waals surface area (Å²) in [5.74, 6) is 2.42. The highest BCUT2D eigenvalue weighted by Crippen LogP contribution is 2.32. The van der Waals surface area contributed by atoms with Gasteiger partial charge in [0, 0.05) is 12.0 Å². The average molecular weight is 259 g/mol. The van der Waals surface area contributed by atoms with E-state index in [1.54, 1.807) is 0 Å². The van der Waals surface area contributed by atoms with Gasteiger partial charge in [-0.15, -0.1) is 0 Å². The number of benzene rings is 1. The van der Waals surface area contributed by atoms with Gasteiger partial charge in [0.15, 0.2) is 0 Å². The van der Waals surface area contributed by atoms with E-state index < -0.39 is 0 Å². The van der Waals surface area contributed by atoms with Gasteiger partial charge in [-0.25, -0.2) is 0 Å². The molecule has 0 aromatic heterocycles. The van der Waals surface area contributed by atoms with E-state index in [9.17, 15) is 0 Å². The summed E-state index contributed by atoms with van der Waals surface area (Å²) in [7, 11) is 0. The van der Waals surface area contributed by atoms with Crippen LogP contribution in [0.2, 0.25) is 0 Å². The monoisotopic (exact) mass is 259 g/mol. The molecule has 0 amide bonds. The quantitative estimate of drug-likeness (QED) is 0.901. The van der Waals surface area contributed by atoms with Crippen molar-refractivity contribution in [2.24, 2.45) is 17.6 Å². The van der Waals surface area contributed by atoms with Gasteiger partial charge in [-0.05, 0) is 30.4 Å². The van der Waals surface area contributed by atoms with Crippen molar-refractivity contribution in [1.82, 2.24) is 0 Å². The minimum Gasteiger partial charge on any atom is -0.493 e. The van der Waals surface area contributed by atoms with Gasteiger partial charge in [-0.3, -0.25) is 0 Å².